The molecule has 0 spiro atoms. The number of hydrogen-bond acceptors (Lipinski definition) is 3. The van der Waals surface area contributed by atoms with Crippen molar-refractivity contribution in [2.24, 2.45) is 0 Å². The van der Waals surface area contributed by atoms with Gasteiger partial charge in [0, 0.05) is 35.1 Å². The van der Waals surface area contributed by atoms with Gasteiger partial charge < -0.3 is 15.1 Å². The molecule has 0 unspecified atom stereocenters. The van der Waals surface area contributed by atoms with E-state index in [9.17, 15) is 9.18 Å². The van der Waals surface area contributed by atoms with E-state index in [0.29, 0.717) is 28.6 Å². The second kappa shape index (κ2) is 4.31. The Morgan fingerprint density at radius 1 is 1.35 bits per heavy atom. The summed E-state index contributed by atoms with van der Waals surface area (Å²) in [5.41, 5.74) is 0.913. The number of carbonyl (C=O) groups excluding carboxylic acids is 1. The molecule has 1 amide bonds. The number of hydrogen-bond donors (Lipinski definition) is 2. The van der Waals surface area contributed by atoms with Gasteiger partial charge in [-0.2, -0.15) is 4.39 Å². The SMILES string of the molecule is O=C(N[C@@H]1C[C@H]2CC[C@@H]1N2)c1ccc2cc(F)oc2c1. The molecular formula is C15H15FN2O2. The summed E-state index contributed by atoms with van der Waals surface area (Å²) in [5, 5.41) is 7.21. The molecule has 2 N–H and O–H groups in total. The quantitative estimate of drug-likeness (QED) is 0.882. The molecule has 2 saturated heterocycles. The summed E-state index contributed by atoms with van der Waals surface area (Å²) in [6, 6.07) is 6.83. The molecule has 2 aliphatic rings. The van der Waals surface area contributed by atoms with Gasteiger partial charge in [-0.15, -0.1) is 0 Å². The van der Waals surface area contributed by atoms with E-state index in [1.807, 2.05) is 0 Å². The van der Waals surface area contributed by atoms with Crippen molar-refractivity contribution in [3.05, 3.63) is 35.8 Å². The number of carbonyl (C=O) groups is 1. The lowest BCUT2D eigenvalue weighted by atomic mass is 9.95. The Bertz CT molecular complexity index is 682. The first-order chi connectivity index (χ1) is 9.69. The van der Waals surface area contributed by atoms with E-state index in [4.69, 9.17) is 4.42 Å². The molecule has 2 bridgehead atoms. The summed E-state index contributed by atoms with van der Waals surface area (Å²) < 4.78 is 17.9. The Morgan fingerprint density at radius 2 is 2.25 bits per heavy atom. The van der Waals surface area contributed by atoms with E-state index < -0.39 is 6.01 Å². The predicted molar refractivity (Wildman–Crippen MR) is 72.0 cm³/mol. The van der Waals surface area contributed by atoms with Crippen LogP contribution in [0.1, 0.15) is 29.6 Å². The maximum atomic E-state index is 13.0. The molecule has 4 rings (SSSR count). The van der Waals surface area contributed by atoms with Crippen LogP contribution in [0.5, 0.6) is 0 Å². The highest BCUT2D eigenvalue weighted by Gasteiger charge is 2.39. The summed E-state index contributed by atoms with van der Waals surface area (Å²) in [6.45, 7) is 0. The van der Waals surface area contributed by atoms with Crippen LogP contribution in [0.15, 0.2) is 28.7 Å². The van der Waals surface area contributed by atoms with Crippen LogP contribution in [-0.2, 0) is 0 Å². The van der Waals surface area contributed by atoms with Crippen molar-refractivity contribution in [3.8, 4) is 0 Å². The topological polar surface area (TPSA) is 54.3 Å². The maximum Gasteiger partial charge on any atom is 0.278 e. The van der Waals surface area contributed by atoms with Gasteiger partial charge in [0.25, 0.3) is 11.9 Å². The highest BCUT2D eigenvalue weighted by atomic mass is 19.1. The van der Waals surface area contributed by atoms with Gasteiger partial charge in [-0.3, -0.25) is 4.79 Å². The zero-order valence-electron chi connectivity index (χ0n) is 10.9. The summed E-state index contributed by atoms with van der Waals surface area (Å²) in [4.78, 5) is 12.3. The Balaban J connectivity index is 1.54. The van der Waals surface area contributed by atoms with Crippen LogP contribution in [0.3, 0.4) is 0 Å². The van der Waals surface area contributed by atoms with Crippen LogP contribution >= 0.6 is 0 Å². The fourth-order valence-corrected chi connectivity index (χ4v) is 3.38. The molecule has 0 radical (unpaired) electrons. The minimum Gasteiger partial charge on any atom is -0.431 e. The Hall–Kier alpha value is -1.88. The van der Waals surface area contributed by atoms with Crippen LogP contribution in [0, 0.1) is 6.01 Å². The molecule has 2 aromatic rings. The predicted octanol–water partition coefficient (Wildman–Crippen LogP) is 2.19. The van der Waals surface area contributed by atoms with Gasteiger partial charge in [-0.1, -0.05) is 6.07 Å². The second-order valence-corrected chi connectivity index (χ2v) is 5.67. The van der Waals surface area contributed by atoms with E-state index in [0.717, 1.165) is 12.8 Å². The lowest BCUT2D eigenvalue weighted by molar-refractivity contribution is 0.0931. The van der Waals surface area contributed by atoms with Gasteiger partial charge in [-0.25, -0.2) is 0 Å². The number of halogens is 1. The van der Waals surface area contributed by atoms with E-state index >= 15 is 0 Å². The van der Waals surface area contributed by atoms with Crippen molar-refractivity contribution in [2.45, 2.75) is 37.4 Å². The van der Waals surface area contributed by atoms with E-state index in [1.165, 1.54) is 12.5 Å². The Morgan fingerprint density at radius 3 is 3.00 bits per heavy atom. The van der Waals surface area contributed by atoms with Crippen LogP contribution < -0.4 is 10.6 Å². The maximum absolute atomic E-state index is 13.0. The first-order valence-corrected chi connectivity index (χ1v) is 6.95. The third-order valence-electron chi connectivity index (χ3n) is 4.37. The van der Waals surface area contributed by atoms with Gasteiger partial charge in [-0.05, 0) is 31.4 Å². The van der Waals surface area contributed by atoms with Gasteiger partial charge in [0.15, 0.2) is 0 Å². The lowest BCUT2D eigenvalue weighted by Crippen LogP contribution is -2.42. The van der Waals surface area contributed by atoms with Crippen molar-refractivity contribution < 1.29 is 13.6 Å². The molecule has 0 saturated carbocycles. The molecule has 3 heterocycles. The standard InChI is InChI=1S/C15H15FN2O2/c16-14-6-8-1-2-9(5-13(8)20-14)15(19)18-12-7-10-3-4-11(12)17-10/h1-2,5-6,10-12,17H,3-4,7H2,(H,18,19)/t10-,11+,12-/m1/s1. The summed E-state index contributed by atoms with van der Waals surface area (Å²) in [6.07, 6.45) is 3.32. The first kappa shape index (κ1) is 11.9. The highest BCUT2D eigenvalue weighted by Crippen LogP contribution is 2.28. The molecule has 2 aliphatic heterocycles. The van der Waals surface area contributed by atoms with Gasteiger partial charge in [0.05, 0.1) is 0 Å². The zero-order chi connectivity index (χ0) is 13.7. The van der Waals surface area contributed by atoms with Crippen LogP contribution in [0.4, 0.5) is 4.39 Å². The van der Waals surface area contributed by atoms with Crippen molar-refractivity contribution in [2.75, 3.05) is 0 Å². The van der Waals surface area contributed by atoms with Crippen LogP contribution in [0.2, 0.25) is 0 Å². The van der Waals surface area contributed by atoms with Gasteiger partial charge >= 0.3 is 0 Å². The Labute approximate surface area is 115 Å². The molecule has 20 heavy (non-hydrogen) atoms. The van der Waals surface area contributed by atoms with Gasteiger partial charge in [0.1, 0.15) is 5.58 Å². The van der Waals surface area contributed by atoms with Crippen LogP contribution in [0.25, 0.3) is 11.0 Å². The van der Waals surface area contributed by atoms with Crippen LogP contribution in [-0.4, -0.2) is 24.0 Å². The summed E-state index contributed by atoms with van der Waals surface area (Å²) in [5.74, 6) is -0.122. The largest absolute Gasteiger partial charge is 0.431 e. The first-order valence-electron chi connectivity index (χ1n) is 6.95. The number of fused-ring (bicyclic) bond motifs is 3. The minimum atomic E-state index is -0.630. The van der Waals surface area contributed by atoms with E-state index in [2.05, 4.69) is 10.6 Å². The molecule has 5 heteroatoms. The summed E-state index contributed by atoms with van der Waals surface area (Å²) >= 11 is 0. The molecule has 104 valence electrons. The molecular weight excluding hydrogens is 259 g/mol. The van der Waals surface area contributed by atoms with E-state index in [-0.39, 0.29) is 11.9 Å². The average Bonchev–Trinajstić information content (AvgIpc) is 3.10. The molecule has 0 aliphatic carbocycles. The van der Waals surface area contributed by atoms with Gasteiger partial charge in [0.2, 0.25) is 0 Å². The smallest absolute Gasteiger partial charge is 0.278 e. The van der Waals surface area contributed by atoms with Crippen molar-refractivity contribution in [1.29, 1.82) is 0 Å². The molecule has 3 atom stereocenters. The molecule has 1 aromatic heterocycles. The number of benzene rings is 1. The third-order valence-corrected chi connectivity index (χ3v) is 4.37. The number of rotatable bonds is 2. The highest BCUT2D eigenvalue weighted by molar-refractivity contribution is 5.97. The fraction of sp³-hybridized carbons (Fsp3) is 0.400. The normalized spacial score (nSPS) is 28.1. The second-order valence-electron chi connectivity index (χ2n) is 5.67. The number of nitrogens with one attached hydrogen (secondary N) is 2. The fourth-order valence-electron chi connectivity index (χ4n) is 3.38. The Kier molecular flexibility index (Phi) is 2.57. The third kappa shape index (κ3) is 1.89. The lowest BCUT2D eigenvalue weighted by Gasteiger charge is -2.21. The van der Waals surface area contributed by atoms with Crippen molar-refractivity contribution in [3.63, 3.8) is 0 Å². The minimum absolute atomic E-state index is 0.122. The molecule has 2 fully saturated rings. The number of amides is 1. The average molecular weight is 274 g/mol. The van der Waals surface area contributed by atoms with Crippen molar-refractivity contribution in [1.82, 2.24) is 10.6 Å². The number of furan rings is 1. The van der Waals surface area contributed by atoms with E-state index in [1.54, 1.807) is 18.2 Å². The molecule has 4 nitrogen and oxygen atoms in total. The summed E-state index contributed by atoms with van der Waals surface area (Å²) in [7, 11) is 0. The molecule has 1 aromatic carbocycles. The zero-order valence-corrected chi connectivity index (χ0v) is 10.9. The monoisotopic (exact) mass is 274 g/mol. The van der Waals surface area contributed by atoms with Crippen molar-refractivity contribution >= 4 is 16.9 Å².